The molecule has 0 spiro atoms. The first kappa shape index (κ1) is 23.6. The minimum atomic E-state index is -4.17. The molecule has 0 heterocycles. The van der Waals surface area contributed by atoms with Crippen LogP contribution >= 0.6 is 0 Å². The third kappa shape index (κ3) is 16.6. The van der Waals surface area contributed by atoms with Gasteiger partial charge in [-0.15, -0.1) is 0 Å². The van der Waals surface area contributed by atoms with Crippen LogP contribution in [0, 0.1) is 0 Å². The van der Waals surface area contributed by atoms with Crippen molar-refractivity contribution in [3.63, 3.8) is 0 Å². The van der Waals surface area contributed by atoms with Crippen LogP contribution in [0.1, 0.15) is 64.7 Å². The van der Waals surface area contributed by atoms with Gasteiger partial charge < -0.3 is 9.45 Å². The Morgan fingerprint density at radius 2 is 1.52 bits per heavy atom. The Labute approximate surface area is 151 Å². The number of amides is 1. The maximum absolute atomic E-state index is 11.7. The van der Waals surface area contributed by atoms with Crippen molar-refractivity contribution in [2.24, 2.45) is 0 Å². The van der Waals surface area contributed by atoms with Crippen LogP contribution in [0.15, 0.2) is 0 Å². The van der Waals surface area contributed by atoms with Gasteiger partial charge in [-0.05, 0) is 12.8 Å². The Kier molecular flexibility index (Phi) is 15.8. The molecule has 0 aromatic heterocycles. The molecule has 0 aliphatic heterocycles. The summed E-state index contributed by atoms with van der Waals surface area (Å²) < 4.78 is 31.3. The first-order chi connectivity index (χ1) is 9.37. The third-order valence-corrected chi connectivity index (χ3v) is 4.10. The maximum Gasteiger partial charge on any atom is 1.00 e. The molecule has 0 unspecified atom stereocenters. The van der Waals surface area contributed by atoms with Crippen LogP contribution in [-0.2, 0) is 14.9 Å². The summed E-state index contributed by atoms with van der Waals surface area (Å²) in [5, 5.41) is 0. The van der Waals surface area contributed by atoms with Gasteiger partial charge in [0.15, 0.2) is 0 Å². The molecular weight excluding hydrogens is 301 g/mol. The minimum absolute atomic E-state index is 0. The summed E-state index contributed by atoms with van der Waals surface area (Å²) in [7, 11) is -2.51. The van der Waals surface area contributed by atoms with Crippen molar-refractivity contribution in [3.8, 4) is 0 Å². The summed E-state index contributed by atoms with van der Waals surface area (Å²) in [6, 6.07) is 0. The van der Waals surface area contributed by atoms with Gasteiger partial charge in [-0.25, -0.2) is 8.42 Å². The Balaban J connectivity index is 0. The summed E-state index contributed by atoms with van der Waals surface area (Å²) in [4.78, 5) is 13.2. The van der Waals surface area contributed by atoms with E-state index in [1.54, 1.807) is 7.05 Å². The average molecular weight is 329 g/mol. The van der Waals surface area contributed by atoms with Gasteiger partial charge in [0.1, 0.15) is 0 Å². The predicted octanol–water partition coefficient (Wildman–Crippen LogP) is -0.475. The van der Waals surface area contributed by atoms with E-state index < -0.39 is 15.9 Å². The number of hydrogen-bond donors (Lipinski definition) is 0. The van der Waals surface area contributed by atoms with Crippen LogP contribution in [0.2, 0.25) is 0 Å². The van der Waals surface area contributed by atoms with Crippen LogP contribution in [-0.4, -0.2) is 43.1 Å². The van der Waals surface area contributed by atoms with Crippen molar-refractivity contribution in [1.82, 2.24) is 4.90 Å². The molecule has 0 aromatic rings. The minimum Gasteiger partial charge on any atom is -0.748 e. The normalized spacial score (nSPS) is 11.0. The average Bonchev–Trinajstić information content (AvgIpc) is 2.35. The number of carbonyl (C=O) groups excluding carboxylic acids is 1. The molecule has 21 heavy (non-hydrogen) atoms. The van der Waals surface area contributed by atoms with Crippen LogP contribution in [0.4, 0.5) is 0 Å². The van der Waals surface area contributed by atoms with Gasteiger partial charge in [0.05, 0.1) is 10.1 Å². The molecule has 7 heteroatoms. The van der Waals surface area contributed by atoms with E-state index >= 15 is 0 Å². The van der Waals surface area contributed by atoms with Crippen LogP contribution in [0.25, 0.3) is 0 Å². The summed E-state index contributed by atoms with van der Waals surface area (Å²) in [6.07, 6.45) is 8.87. The van der Waals surface area contributed by atoms with E-state index in [0.717, 1.165) is 12.8 Å². The molecule has 5 nitrogen and oxygen atoms in total. The first-order valence-electron chi connectivity index (χ1n) is 7.54. The second-order valence-corrected chi connectivity index (χ2v) is 6.83. The Morgan fingerprint density at radius 1 is 1.00 bits per heavy atom. The van der Waals surface area contributed by atoms with Gasteiger partial charge in [-0.2, -0.15) is 0 Å². The zero-order chi connectivity index (χ0) is 15.4. The van der Waals surface area contributed by atoms with Crippen molar-refractivity contribution in [2.75, 3.05) is 19.3 Å². The molecule has 1 amide bonds. The van der Waals surface area contributed by atoms with Crippen LogP contribution in [0.3, 0.4) is 0 Å². The second-order valence-electron chi connectivity index (χ2n) is 5.30. The molecule has 0 rings (SSSR count). The van der Waals surface area contributed by atoms with Crippen molar-refractivity contribution in [2.45, 2.75) is 64.7 Å². The van der Waals surface area contributed by atoms with Crippen molar-refractivity contribution >= 4 is 16.0 Å². The summed E-state index contributed by atoms with van der Waals surface area (Å²) in [6.45, 7) is 2.52. The fourth-order valence-electron chi connectivity index (χ4n) is 2.03. The smallest absolute Gasteiger partial charge is 0.748 e. The van der Waals surface area contributed by atoms with Gasteiger partial charge in [0, 0.05) is 25.8 Å². The van der Waals surface area contributed by atoms with E-state index in [2.05, 4.69) is 6.92 Å². The molecule has 0 aliphatic rings. The first-order valence-corrected chi connectivity index (χ1v) is 9.12. The zero-order valence-corrected chi connectivity index (χ0v) is 16.6. The topological polar surface area (TPSA) is 77.5 Å². The molecule has 120 valence electrons. The molecule has 0 saturated carbocycles. The van der Waals surface area contributed by atoms with Gasteiger partial charge >= 0.3 is 29.6 Å². The second kappa shape index (κ2) is 14.0. The molecule has 0 fully saturated rings. The molecule has 0 radical (unpaired) electrons. The summed E-state index contributed by atoms with van der Waals surface area (Å²) >= 11 is 0. The molecule has 0 bridgehead atoms. The monoisotopic (exact) mass is 329 g/mol. The number of carbonyl (C=O) groups is 1. The quantitative estimate of drug-likeness (QED) is 0.275. The fraction of sp³-hybridized carbons (Fsp3) is 0.929. The van der Waals surface area contributed by atoms with Crippen LogP contribution in [0.5, 0.6) is 0 Å². The van der Waals surface area contributed by atoms with E-state index in [0.29, 0.717) is 13.0 Å². The van der Waals surface area contributed by atoms with Gasteiger partial charge in [-0.1, -0.05) is 45.4 Å². The number of unbranched alkanes of at least 4 members (excludes halogenated alkanes) is 6. The number of hydrogen-bond acceptors (Lipinski definition) is 4. The molecule has 0 aromatic carbocycles. The zero-order valence-electron chi connectivity index (χ0n) is 13.8. The third-order valence-electron chi connectivity index (χ3n) is 3.31. The van der Waals surface area contributed by atoms with Crippen molar-refractivity contribution in [1.29, 1.82) is 0 Å². The van der Waals surface area contributed by atoms with E-state index in [1.165, 1.54) is 37.0 Å². The van der Waals surface area contributed by atoms with E-state index in [4.69, 9.17) is 0 Å². The summed E-state index contributed by atoms with van der Waals surface area (Å²) in [5.74, 6) is -0.371. The SMILES string of the molecule is CCCCCCCCCC(=O)N(C)CCCS(=O)(=O)[O-].[Na+]. The Morgan fingerprint density at radius 3 is 2.05 bits per heavy atom. The predicted molar refractivity (Wildman–Crippen MR) is 79.4 cm³/mol. The van der Waals surface area contributed by atoms with Gasteiger partial charge in [-0.3, -0.25) is 4.79 Å². The van der Waals surface area contributed by atoms with Crippen molar-refractivity contribution < 1.29 is 47.3 Å². The largest absolute Gasteiger partial charge is 1.00 e. The molecule has 0 N–H and O–H groups in total. The van der Waals surface area contributed by atoms with E-state index in [1.807, 2.05) is 0 Å². The van der Waals surface area contributed by atoms with Crippen molar-refractivity contribution in [3.05, 3.63) is 0 Å². The van der Waals surface area contributed by atoms with Crippen LogP contribution < -0.4 is 29.6 Å². The molecule has 0 aliphatic carbocycles. The Hall–Kier alpha value is 0.380. The maximum atomic E-state index is 11.7. The standard InChI is InChI=1S/C14H29NO4S.Na/c1-3-4-5-6-7-8-9-11-14(16)15(2)12-10-13-20(17,18)19;/h3-13H2,1-2H3,(H,17,18,19);/q;+1/p-1. The van der Waals surface area contributed by atoms with E-state index in [9.17, 15) is 17.8 Å². The Bertz CT molecular complexity index is 360. The molecule has 0 saturated heterocycles. The summed E-state index contributed by atoms with van der Waals surface area (Å²) in [5.41, 5.74) is 0. The molecule has 0 atom stereocenters. The number of rotatable bonds is 12. The van der Waals surface area contributed by atoms with E-state index in [-0.39, 0.29) is 41.9 Å². The number of nitrogens with zero attached hydrogens (tertiary/aromatic N) is 1. The molecular formula is C14H28NNaO4S. The van der Waals surface area contributed by atoms with Gasteiger partial charge in [0.25, 0.3) is 0 Å². The van der Waals surface area contributed by atoms with Gasteiger partial charge in [0.2, 0.25) is 5.91 Å². The fourth-order valence-corrected chi connectivity index (χ4v) is 2.51.